The van der Waals surface area contributed by atoms with Crippen LogP contribution in [0.15, 0.2) is 48.5 Å². The molecule has 0 saturated carbocycles. The maximum Gasteiger partial charge on any atom is 0.303 e. The lowest BCUT2D eigenvalue weighted by molar-refractivity contribution is -0.144. The lowest BCUT2D eigenvalue weighted by Gasteiger charge is -2.11. The Bertz CT molecular complexity index is 680. The van der Waals surface area contributed by atoms with E-state index < -0.39 is 5.97 Å². The van der Waals surface area contributed by atoms with Crippen LogP contribution in [0.25, 0.3) is 0 Å². The average molecular weight is 313 g/mol. The predicted octanol–water partition coefficient (Wildman–Crippen LogP) is 2.79. The summed E-state index contributed by atoms with van der Waals surface area (Å²) in [6, 6.07) is 15.3. The Morgan fingerprint density at radius 1 is 1.04 bits per heavy atom. The predicted molar refractivity (Wildman–Crippen MR) is 87.5 cm³/mol. The molecule has 0 aliphatic heterocycles. The third kappa shape index (κ3) is 5.14. The Morgan fingerprint density at radius 3 is 2.39 bits per heavy atom. The molecule has 2 aromatic carbocycles. The van der Waals surface area contributed by atoms with Gasteiger partial charge in [0.05, 0.1) is 7.11 Å². The second-order valence-corrected chi connectivity index (χ2v) is 5.01. The molecule has 5 nitrogen and oxygen atoms in total. The van der Waals surface area contributed by atoms with Crippen LogP contribution >= 0.6 is 0 Å². The van der Waals surface area contributed by atoms with E-state index >= 15 is 0 Å². The summed E-state index contributed by atoms with van der Waals surface area (Å²) in [5.74, 6) is -0.0363. The maximum atomic E-state index is 11.8. The van der Waals surface area contributed by atoms with Gasteiger partial charge in [0.1, 0.15) is 5.75 Å². The quantitative estimate of drug-likeness (QED) is 0.833. The Hall–Kier alpha value is -2.82. The molecule has 0 unspecified atom stereocenters. The highest BCUT2D eigenvalue weighted by Crippen LogP contribution is 2.20. The summed E-state index contributed by atoms with van der Waals surface area (Å²) in [6.45, 7) is 0.983. The van der Waals surface area contributed by atoms with E-state index in [-0.39, 0.29) is 12.5 Å². The van der Waals surface area contributed by atoms with Gasteiger partial charge in [-0.3, -0.25) is 9.59 Å². The van der Waals surface area contributed by atoms with Crippen molar-refractivity contribution in [2.45, 2.75) is 13.3 Å². The fourth-order valence-corrected chi connectivity index (χ4v) is 2.11. The van der Waals surface area contributed by atoms with Gasteiger partial charge in [-0.25, -0.2) is 0 Å². The van der Waals surface area contributed by atoms with E-state index in [1.165, 1.54) is 6.92 Å². The molecule has 2 rings (SSSR count). The Morgan fingerprint density at radius 2 is 1.74 bits per heavy atom. The molecule has 23 heavy (non-hydrogen) atoms. The van der Waals surface area contributed by atoms with Crippen LogP contribution in [0.3, 0.4) is 0 Å². The van der Waals surface area contributed by atoms with Gasteiger partial charge in [0.15, 0.2) is 6.61 Å². The van der Waals surface area contributed by atoms with Crippen molar-refractivity contribution in [3.8, 4) is 5.75 Å². The minimum absolute atomic E-state index is 0.286. The fraction of sp³-hybridized carbons (Fsp3) is 0.222. The smallest absolute Gasteiger partial charge is 0.303 e. The number of para-hydroxylation sites is 1. The van der Waals surface area contributed by atoms with Crippen molar-refractivity contribution in [2.75, 3.05) is 19.0 Å². The van der Waals surface area contributed by atoms with Crippen molar-refractivity contribution in [3.63, 3.8) is 0 Å². The highest BCUT2D eigenvalue weighted by atomic mass is 16.5. The van der Waals surface area contributed by atoms with Gasteiger partial charge in [0, 0.05) is 12.6 Å². The zero-order valence-electron chi connectivity index (χ0n) is 13.2. The van der Waals surface area contributed by atoms with Crippen LogP contribution in [0.2, 0.25) is 0 Å². The molecule has 1 N–H and O–H groups in total. The van der Waals surface area contributed by atoms with Crippen molar-refractivity contribution in [3.05, 3.63) is 59.7 Å². The second kappa shape index (κ2) is 7.98. The van der Waals surface area contributed by atoms with Crippen molar-refractivity contribution >= 4 is 17.6 Å². The molecule has 120 valence electrons. The third-order valence-electron chi connectivity index (χ3n) is 3.25. The molecule has 0 radical (unpaired) electrons. The number of rotatable bonds is 6. The molecule has 0 aromatic heterocycles. The highest BCUT2D eigenvalue weighted by Gasteiger charge is 2.08. The van der Waals surface area contributed by atoms with Crippen molar-refractivity contribution in [1.82, 2.24) is 0 Å². The lowest BCUT2D eigenvalue weighted by Crippen LogP contribution is -2.20. The SMILES string of the molecule is COc1ccc(Cc2ccccc2NC(=O)COC(C)=O)cc1. The van der Waals surface area contributed by atoms with Crippen molar-refractivity contribution in [1.29, 1.82) is 0 Å². The van der Waals surface area contributed by atoms with E-state index in [2.05, 4.69) is 5.32 Å². The summed E-state index contributed by atoms with van der Waals surface area (Å²) in [7, 11) is 1.63. The molecule has 0 atom stereocenters. The molecule has 2 aromatic rings. The molecule has 0 saturated heterocycles. The fourth-order valence-electron chi connectivity index (χ4n) is 2.11. The van der Waals surface area contributed by atoms with Gasteiger partial charge >= 0.3 is 5.97 Å². The number of amides is 1. The van der Waals surface area contributed by atoms with Gasteiger partial charge in [0.25, 0.3) is 5.91 Å². The topological polar surface area (TPSA) is 64.6 Å². The standard InChI is InChI=1S/C18H19NO4/c1-13(20)23-12-18(21)19-17-6-4-3-5-15(17)11-14-7-9-16(22-2)10-8-14/h3-10H,11-12H2,1-2H3,(H,19,21). The van der Waals surface area contributed by atoms with Crippen LogP contribution in [0.5, 0.6) is 5.75 Å². The molecule has 5 heteroatoms. The van der Waals surface area contributed by atoms with Crippen LogP contribution in [0.1, 0.15) is 18.1 Å². The molecule has 0 aliphatic carbocycles. The number of ether oxygens (including phenoxy) is 2. The maximum absolute atomic E-state index is 11.8. The Kier molecular flexibility index (Phi) is 5.74. The van der Waals surface area contributed by atoms with Crippen LogP contribution in [0, 0.1) is 0 Å². The van der Waals surface area contributed by atoms with E-state index in [9.17, 15) is 9.59 Å². The molecule has 0 spiro atoms. The molecule has 0 heterocycles. The number of hydrogen-bond donors (Lipinski definition) is 1. The van der Waals surface area contributed by atoms with Gasteiger partial charge in [0.2, 0.25) is 0 Å². The first kappa shape index (κ1) is 16.5. The summed E-state index contributed by atoms with van der Waals surface area (Å²) in [5.41, 5.74) is 2.79. The number of hydrogen-bond acceptors (Lipinski definition) is 4. The molecule has 1 amide bonds. The van der Waals surface area contributed by atoms with E-state index in [4.69, 9.17) is 9.47 Å². The van der Waals surface area contributed by atoms with Crippen molar-refractivity contribution < 1.29 is 19.1 Å². The normalized spacial score (nSPS) is 10.0. The van der Waals surface area contributed by atoms with Gasteiger partial charge in [-0.15, -0.1) is 0 Å². The molecule has 0 bridgehead atoms. The molecular formula is C18H19NO4. The Labute approximate surface area is 135 Å². The van der Waals surface area contributed by atoms with Gasteiger partial charge in [-0.2, -0.15) is 0 Å². The summed E-state index contributed by atoms with van der Waals surface area (Å²) >= 11 is 0. The lowest BCUT2D eigenvalue weighted by atomic mass is 10.0. The van der Waals surface area contributed by atoms with E-state index in [1.807, 2.05) is 48.5 Å². The van der Waals surface area contributed by atoms with E-state index in [0.29, 0.717) is 12.1 Å². The number of anilines is 1. The molecule has 0 fully saturated rings. The van der Waals surface area contributed by atoms with Crippen LogP contribution in [-0.4, -0.2) is 25.6 Å². The number of esters is 1. The van der Waals surface area contributed by atoms with Crippen LogP contribution in [-0.2, 0) is 20.7 Å². The van der Waals surface area contributed by atoms with Crippen LogP contribution < -0.4 is 10.1 Å². The Balaban J connectivity index is 2.07. The number of benzene rings is 2. The van der Waals surface area contributed by atoms with Crippen molar-refractivity contribution in [2.24, 2.45) is 0 Å². The first-order valence-electron chi connectivity index (χ1n) is 7.22. The zero-order valence-corrected chi connectivity index (χ0v) is 13.2. The monoisotopic (exact) mass is 313 g/mol. The number of methoxy groups -OCH3 is 1. The largest absolute Gasteiger partial charge is 0.497 e. The summed E-state index contributed by atoms with van der Waals surface area (Å²) < 4.78 is 9.84. The first-order chi connectivity index (χ1) is 11.1. The minimum atomic E-state index is -0.480. The summed E-state index contributed by atoms with van der Waals surface area (Å²) in [4.78, 5) is 22.5. The van der Waals surface area contributed by atoms with E-state index in [0.717, 1.165) is 16.9 Å². The van der Waals surface area contributed by atoms with Gasteiger partial charge < -0.3 is 14.8 Å². The van der Waals surface area contributed by atoms with Gasteiger partial charge in [-0.1, -0.05) is 30.3 Å². The second-order valence-electron chi connectivity index (χ2n) is 5.01. The first-order valence-corrected chi connectivity index (χ1v) is 7.22. The van der Waals surface area contributed by atoms with Gasteiger partial charge in [-0.05, 0) is 35.7 Å². The third-order valence-corrected chi connectivity index (χ3v) is 3.25. The van der Waals surface area contributed by atoms with Crippen LogP contribution in [0.4, 0.5) is 5.69 Å². The van der Waals surface area contributed by atoms with E-state index in [1.54, 1.807) is 7.11 Å². The zero-order chi connectivity index (χ0) is 16.7. The number of nitrogens with one attached hydrogen (secondary N) is 1. The number of carbonyl (C=O) groups excluding carboxylic acids is 2. The molecule has 0 aliphatic rings. The number of carbonyl (C=O) groups is 2. The summed E-state index contributed by atoms with van der Waals surface area (Å²) in [5, 5.41) is 2.77. The highest BCUT2D eigenvalue weighted by molar-refractivity contribution is 5.93. The summed E-state index contributed by atoms with van der Waals surface area (Å²) in [6.07, 6.45) is 0.675. The molecular weight excluding hydrogens is 294 g/mol. The minimum Gasteiger partial charge on any atom is -0.497 e. The average Bonchev–Trinajstić information content (AvgIpc) is 2.55.